The number of thioether (sulfide) groups is 1. The Kier molecular flexibility index (Phi) is 7.65. The zero-order chi connectivity index (χ0) is 25.9. The summed E-state index contributed by atoms with van der Waals surface area (Å²) < 4.78 is 52.9. The lowest BCUT2D eigenvalue weighted by Gasteiger charge is -2.32. The van der Waals surface area contributed by atoms with Gasteiger partial charge in [0.2, 0.25) is 11.8 Å². The number of halogens is 5. The predicted molar refractivity (Wildman–Crippen MR) is 132 cm³/mol. The van der Waals surface area contributed by atoms with Gasteiger partial charge in [-0.05, 0) is 60.2 Å². The van der Waals surface area contributed by atoms with Crippen LogP contribution < -0.4 is 5.32 Å². The van der Waals surface area contributed by atoms with E-state index in [0.717, 1.165) is 23.9 Å². The first kappa shape index (κ1) is 25.7. The first-order valence-electron chi connectivity index (χ1n) is 10.6. The number of carbonyl (C=O) groups is 2. The molecule has 0 radical (unpaired) electrons. The molecular weight excluding hydrogens is 518 g/mol. The molecule has 1 fully saturated rings. The number of amides is 2. The van der Waals surface area contributed by atoms with Gasteiger partial charge in [-0.3, -0.25) is 14.5 Å². The van der Waals surface area contributed by atoms with Gasteiger partial charge < -0.3 is 5.32 Å². The van der Waals surface area contributed by atoms with Gasteiger partial charge >= 0.3 is 6.18 Å². The molecule has 1 saturated heterocycles. The Morgan fingerprint density at radius 2 is 1.78 bits per heavy atom. The first-order chi connectivity index (χ1) is 17.1. The highest BCUT2D eigenvalue weighted by atomic mass is 35.5. The van der Waals surface area contributed by atoms with Gasteiger partial charge in [-0.2, -0.15) is 13.2 Å². The summed E-state index contributed by atoms with van der Waals surface area (Å²) in [5, 5.41) is 2.39. The van der Waals surface area contributed by atoms with Crippen molar-refractivity contribution in [1.29, 1.82) is 0 Å². The molecule has 5 nitrogen and oxygen atoms in total. The van der Waals surface area contributed by atoms with Crippen LogP contribution in [0.15, 0.2) is 77.8 Å². The third-order valence-electron chi connectivity index (χ3n) is 5.20. The second-order valence-electron chi connectivity index (χ2n) is 7.86. The third kappa shape index (κ3) is 6.44. The lowest BCUT2D eigenvalue weighted by molar-refractivity contribution is -0.137. The number of amidine groups is 1. The molecule has 3 aromatic carbocycles. The molecule has 2 amide bonds. The molecule has 1 atom stereocenters. The fraction of sp³-hybridized carbons (Fsp3) is 0.160. The number of hydrogen-bond donors (Lipinski definition) is 1. The zero-order valence-corrected chi connectivity index (χ0v) is 20.0. The van der Waals surface area contributed by atoms with Crippen LogP contribution in [0.4, 0.5) is 28.9 Å². The van der Waals surface area contributed by atoms with Crippen LogP contribution in [-0.4, -0.2) is 27.1 Å². The number of hydrogen-bond acceptors (Lipinski definition) is 4. The summed E-state index contributed by atoms with van der Waals surface area (Å²) in [7, 11) is 0. The number of rotatable bonds is 5. The second-order valence-corrected chi connectivity index (χ2v) is 9.46. The number of alkyl halides is 3. The summed E-state index contributed by atoms with van der Waals surface area (Å²) in [4.78, 5) is 31.6. The van der Waals surface area contributed by atoms with Crippen molar-refractivity contribution >= 4 is 51.7 Å². The van der Waals surface area contributed by atoms with Gasteiger partial charge in [-0.1, -0.05) is 41.6 Å². The Morgan fingerprint density at radius 3 is 2.44 bits per heavy atom. The smallest absolute Gasteiger partial charge is 0.325 e. The van der Waals surface area contributed by atoms with Crippen molar-refractivity contribution in [3.05, 3.63) is 94.8 Å². The maximum atomic E-state index is 13.3. The van der Waals surface area contributed by atoms with Crippen LogP contribution in [0.1, 0.15) is 17.5 Å². The Hall–Kier alpha value is -3.37. The molecule has 1 aliphatic rings. The van der Waals surface area contributed by atoms with E-state index in [1.165, 1.54) is 41.3 Å². The molecule has 186 valence electrons. The monoisotopic (exact) mass is 535 g/mol. The van der Waals surface area contributed by atoms with Gasteiger partial charge in [-0.15, -0.1) is 0 Å². The largest absolute Gasteiger partial charge is 0.416 e. The van der Waals surface area contributed by atoms with Gasteiger partial charge in [0.05, 0.1) is 17.8 Å². The van der Waals surface area contributed by atoms with Crippen molar-refractivity contribution in [2.45, 2.75) is 24.4 Å². The molecule has 0 aromatic heterocycles. The van der Waals surface area contributed by atoms with Crippen LogP contribution in [0.5, 0.6) is 0 Å². The highest BCUT2D eigenvalue weighted by Gasteiger charge is 2.36. The van der Waals surface area contributed by atoms with E-state index in [0.29, 0.717) is 16.3 Å². The fourth-order valence-electron chi connectivity index (χ4n) is 3.39. The minimum absolute atomic E-state index is 0.00936. The summed E-state index contributed by atoms with van der Waals surface area (Å²) >= 11 is 6.83. The van der Waals surface area contributed by atoms with Gasteiger partial charge in [0.15, 0.2) is 5.17 Å². The average Bonchev–Trinajstić information content (AvgIpc) is 2.83. The van der Waals surface area contributed by atoms with Crippen LogP contribution in [0, 0.1) is 5.82 Å². The van der Waals surface area contributed by atoms with Crippen LogP contribution in [0.3, 0.4) is 0 Å². The fourth-order valence-corrected chi connectivity index (χ4v) is 4.61. The number of benzene rings is 3. The van der Waals surface area contributed by atoms with Gasteiger partial charge in [0.1, 0.15) is 11.1 Å². The highest BCUT2D eigenvalue weighted by Crippen LogP contribution is 2.34. The zero-order valence-electron chi connectivity index (χ0n) is 18.4. The van der Waals surface area contributed by atoms with E-state index < -0.39 is 34.6 Å². The SMILES string of the molecule is O=C(Nc1ccc(Cl)cc1)C1CC(=O)N(Cc2ccc(F)cc2)C(=Nc2cccc(C(F)(F)F)c2)S1. The number of nitrogens with one attached hydrogen (secondary N) is 1. The Bertz CT molecular complexity index is 1300. The van der Waals surface area contributed by atoms with Gasteiger partial charge in [-0.25, -0.2) is 9.38 Å². The number of carbonyl (C=O) groups excluding carboxylic acids is 2. The lowest BCUT2D eigenvalue weighted by Crippen LogP contribution is -2.44. The molecule has 1 aliphatic heterocycles. The number of aliphatic imine (C=N–C) groups is 1. The third-order valence-corrected chi connectivity index (χ3v) is 6.64. The number of nitrogens with zero attached hydrogens (tertiary/aromatic N) is 2. The van der Waals surface area contributed by atoms with Crippen molar-refractivity contribution in [2.75, 3.05) is 5.32 Å². The van der Waals surface area contributed by atoms with E-state index in [9.17, 15) is 27.2 Å². The van der Waals surface area contributed by atoms with E-state index in [1.807, 2.05) is 0 Å². The normalized spacial score (nSPS) is 17.4. The van der Waals surface area contributed by atoms with Crippen LogP contribution in [0.2, 0.25) is 5.02 Å². The van der Waals surface area contributed by atoms with E-state index in [4.69, 9.17) is 11.6 Å². The minimum Gasteiger partial charge on any atom is -0.325 e. The summed E-state index contributed by atoms with van der Waals surface area (Å²) in [5.41, 5.74) is 0.148. The Morgan fingerprint density at radius 1 is 1.08 bits per heavy atom. The van der Waals surface area contributed by atoms with E-state index >= 15 is 0 Å². The minimum atomic E-state index is -4.57. The molecule has 0 aliphatic carbocycles. The van der Waals surface area contributed by atoms with Crippen LogP contribution in [0.25, 0.3) is 0 Å². The van der Waals surface area contributed by atoms with Gasteiger partial charge in [0, 0.05) is 17.1 Å². The van der Waals surface area contributed by atoms with Crippen LogP contribution in [-0.2, 0) is 22.3 Å². The molecule has 3 aromatic rings. The standard InChI is InChI=1S/C25H18ClF4N3O2S/c26-17-6-10-19(11-7-17)31-23(35)21-13-22(34)33(14-15-4-8-18(27)9-5-15)24(36-21)32-20-3-1-2-16(12-20)25(28,29)30/h1-12,21H,13-14H2,(H,31,35). The summed E-state index contributed by atoms with van der Waals surface area (Å²) in [6.45, 7) is 0.00936. The summed E-state index contributed by atoms with van der Waals surface area (Å²) in [6, 6.07) is 16.2. The van der Waals surface area contributed by atoms with Crippen molar-refractivity contribution in [1.82, 2.24) is 4.90 Å². The molecule has 1 N–H and O–H groups in total. The molecule has 0 bridgehead atoms. The quantitative estimate of drug-likeness (QED) is 0.372. The van der Waals surface area contributed by atoms with E-state index in [2.05, 4.69) is 10.3 Å². The van der Waals surface area contributed by atoms with Crippen molar-refractivity contribution in [3.63, 3.8) is 0 Å². The maximum absolute atomic E-state index is 13.3. The molecular formula is C25H18ClF4N3O2S. The molecule has 4 rings (SSSR count). The van der Waals surface area contributed by atoms with Crippen molar-refractivity contribution in [2.24, 2.45) is 4.99 Å². The molecule has 36 heavy (non-hydrogen) atoms. The second kappa shape index (κ2) is 10.7. The molecule has 11 heteroatoms. The molecule has 0 saturated carbocycles. The Balaban J connectivity index is 1.64. The molecule has 0 spiro atoms. The lowest BCUT2D eigenvalue weighted by atomic mass is 10.2. The topological polar surface area (TPSA) is 61.8 Å². The van der Waals surface area contributed by atoms with Crippen molar-refractivity contribution < 1.29 is 27.2 Å². The van der Waals surface area contributed by atoms with E-state index in [1.54, 1.807) is 24.3 Å². The summed E-state index contributed by atoms with van der Waals surface area (Å²) in [5.74, 6) is -1.36. The first-order valence-corrected chi connectivity index (χ1v) is 11.9. The maximum Gasteiger partial charge on any atom is 0.416 e. The van der Waals surface area contributed by atoms with Crippen molar-refractivity contribution in [3.8, 4) is 0 Å². The number of anilines is 1. The Labute approximate surface area is 213 Å². The summed E-state index contributed by atoms with van der Waals surface area (Å²) in [6.07, 6.45) is -4.73. The predicted octanol–water partition coefficient (Wildman–Crippen LogP) is 6.66. The average molecular weight is 536 g/mol. The molecule has 1 heterocycles. The highest BCUT2D eigenvalue weighted by molar-refractivity contribution is 8.15. The van der Waals surface area contributed by atoms with Crippen LogP contribution >= 0.6 is 23.4 Å². The van der Waals surface area contributed by atoms with Gasteiger partial charge in [0.25, 0.3) is 0 Å². The molecule has 1 unspecified atom stereocenters. The van der Waals surface area contributed by atoms with E-state index in [-0.39, 0.29) is 23.8 Å².